The van der Waals surface area contributed by atoms with Gasteiger partial charge in [0.1, 0.15) is 6.54 Å². The summed E-state index contributed by atoms with van der Waals surface area (Å²) in [6.07, 6.45) is 0. The van der Waals surface area contributed by atoms with Crippen LogP contribution in [0.4, 0.5) is 17.1 Å². The van der Waals surface area contributed by atoms with Gasteiger partial charge in [0.05, 0.1) is 24.5 Å². The smallest absolute Gasteiger partial charge is 0.242 e. The number of carbonyl (C=O) groups excluding carboxylic acids is 3. The third kappa shape index (κ3) is 6.82. The molecule has 152 valence electrons. The lowest BCUT2D eigenvalue weighted by Gasteiger charge is -2.25. The van der Waals surface area contributed by atoms with E-state index in [2.05, 4.69) is 15.5 Å². The van der Waals surface area contributed by atoms with Crippen molar-refractivity contribution in [3.63, 3.8) is 0 Å². The Kier molecular flexibility index (Phi) is 7.99. The number of nitrogens with zero attached hydrogens (tertiary/aromatic N) is 4. The lowest BCUT2D eigenvalue weighted by atomic mass is 10.2. The Balaban J connectivity index is 2.15. The van der Waals surface area contributed by atoms with Crippen LogP contribution in [0, 0.1) is 0 Å². The molecule has 0 aliphatic rings. The normalized spacial score (nSPS) is 10.7. The molecular formula is C20H24N6O3. The van der Waals surface area contributed by atoms with Gasteiger partial charge >= 0.3 is 0 Å². The Morgan fingerprint density at radius 2 is 1.48 bits per heavy atom. The molecule has 0 spiro atoms. The van der Waals surface area contributed by atoms with Crippen molar-refractivity contribution >= 4 is 34.8 Å². The zero-order chi connectivity index (χ0) is 21.2. The van der Waals surface area contributed by atoms with Crippen LogP contribution in [-0.4, -0.2) is 56.4 Å². The summed E-state index contributed by atoms with van der Waals surface area (Å²) in [5, 5.41) is 11.1. The molecule has 2 aromatic carbocycles. The predicted octanol–water partition coefficient (Wildman–Crippen LogP) is 1.60. The van der Waals surface area contributed by atoms with E-state index in [9.17, 15) is 14.4 Å². The van der Waals surface area contributed by atoms with E-state index in [-0.39, 0.29) is 25.5 Å². The van der Waals surface area contributed by atoms with Crippen molar-refractivity contribution in [1.82, 2.24) is 10.2 Å². The molecule has 0 atom stereocenters. The van der Waals surface area contributed by atoms with Crippen molar-refractivity contribution in [3.05, 3.63) is 54.6 Å². The second-order valence-corrected chi connectivity index (χ2v) is 6.28. The Morgan fingerprint density at radius 3 is 2.03 bits per heavy atom. The van der Waals surface area contributed by atoms with Crippen LogP contribution in [0.2, 0.25) is 0 Å². The van der Waals surface area contributed by atoms with Gasteiger partial charge in [-0.15, -0.1) is 0 Å². The highest BCUT2D eigenvalue weighted by Crippen LogP contribution is 2.22. The number of amides is 3. The van der Waals surface area contributed by atoms with E-state index >= 15 is 0 Å². The highest BCUT2D eigenvalue weighted by Gasteiger charge is 2.21. The summed E-state index contributed by atoms with van der Waals surface area (Å²) in [6, 6.07) is 16.1. The topological polar surface area (TPSA) is 120 Å². The second-order valence-electron chi connectivity index (χ2n) is 6.28. The fourth-order valence-corrected chi connectivity index (χ4v) is 2.46. The SMILES string of the molecule is CNCC(=O)N(CC(=O)N(C)CC(N)=O)c1ccc(N=Nc2ccccc2)cc1. The minimum absolute atomic E-state index is 0.0578. The summed E-state index contributed by atoms with van der Waals surface area (Å²) in [6.45, 7) is -0.372. The van der Waals surface area contributed by atoms with Crippen molar-refractivity contribution in [2.75, 3.05) is 38.6 Å². The third-order valence-corrected chi connectivity index (χ3v) is 3.94. The Bertz CT molecular complexity index is 868. The van der Waals surface area contributed by atoms with E-state index < -0.39 is 11.8 Å². The van der Waals surface area contributed by atoms with E-state index in [1.54, 1.807) is 31.3 Å². The average Bonchev–Trinajstić information content (AvgIpc) is 2.71. The number of benzene rings is 2. The van der Waals surface area contributed by atoms with Crippen molar-refractivity contribution in [2.24, 2.45) is 16.0 Å². The number of likely N-dealkylation sites (N-methyl/N-ethyl adjacent to an activating group) is 2. The standard InChI is InChI=1S/C20H24N6O3/c1-22-12-19(28)26(14-20(29)25(2)13-18(21)27)17-10-8-16(9-11-17)24-23-15-6-4-3-5-7-15/h3-11,22H,12-14H2,1-2H3,(H2,21,27). The fraction of sp³-hybridized carbons (Fsp3) is 0.250. The molecule has 0 saturated carbocycles. The number of rotatable bonds is 9. The van der Waals surface area contributed by atoms with Crippen molar-refractivity contribution in [3.8, 4) is 0 Å². The largest absolute Gasteiger partial charge is 0.368 e. The van der Waals surface area contributed by atoms with Crippen LogP contribution in [-0.2, 0) is 14.4 Å². The molecule has 29 heavy (non-hydrogen) atoms. The highest BCUT2D eigenvalue weighted by atomic mass is 16.2. The first-order valence-electron chi connectivity index (χ1n) is 8.95. The minimum Gasteiger partial charge on any atom is -0.368 e. The molecule has 0 fully saturated rings. The molecule has 0 aromatic heterocycles. The molecule has 2 aromatic rings. The summed E-state index contributed by atoms with van der Waals surface area (Å²) in [5.74, 6) is -1.31. The number of primary amides is 1. The van der Waals surface area contributed by atoms with E-state index in [1.807, 2.05) is 30.3 Å². The third-order valence-electron chi connectivity index (χ3n) is 3.94. The number of nitrogens with two attached hydrogens (primary N) is 1. The molecule has 3 N–H and O–H groups in total. The minimum atomic E-state index is -0.623. The predicted molar refractivity (Wildman–Crippen MR) is 110 cm³/mol. The molecular weight excluding hydrogens is 372 g/mol. The maximum Gasteiger partial charge on any atom is 0.242 e. The first-order valence-corrected chi connectivity index (χ1v) is 8.95. The lowest BCUT2D eigenvalue weighted by Crippen LogP contribution is -2.46. The summed E-state index contributed by atoms with van der Waals surface area (Å²) < 4.78 is 0. The van der Waals surface area contributed by atoms with E-state index in [0.717, 1.165) is 5.69 Å². The summed E-state index contributed by atoms with van der Waals surface area (Å²) in [4.78, 5) is 38.4. The summed E-state index contributed by atoms with van der Waals surface area (Å²) in [5.41, 5.74) is 6.99. The van der Waals surface area contributed by atoms with Crippen LogP contribution in [0.5, 0.6) is 0 Å². The van der Waals surface area contributed by atoms with Gasteiger partial charge in [-0.2, -0.15) is 10.2 Å². The maximum atomic E-state index is 12.5. The monoisotopic (exact) mass is 396 g/mol. The van der Waals surface area contributed by atoms with Crippen molar-refractivity contribution < 1.29 is 14.4 Å². The number of nitrogens with one attached hydrogen (secondary N) is 1. The zero-order valence-electron chi connectivity index (χ0n) is 16.4. The first-order chi connectivity index (χ1) is 13.9. The van der Waals surface area contributed by atoms with Crippen molar-refractivity contribution in [2.45, 2.75) is 0 Å². The molecule has 0 unspecified atom stereocenters. The van der Waals surface area contributed by atoms with E-state index in [1.165, 1.54) is 16.8 Å². The number of hydrogen-bond donors (Lipinski definition) is 2. The highest BCUT2D eigenvalue weighted by molar-refractivity contribution is 6.00. The van der Waals surface area contributed by atoms with Gasteiger partial charge in [-0.1, -0.05) is 18.2 Å². The lowest BCUT2D eigenvalue weighted by molar-refractivity contribution is -0.133. The average molecular weight is 396 g/mol. The van der Waals surface area contributed by atoms with Gasteiger partial charge in [0.25, 0.3) is 0 Å². The summed E-state index contributed by atoms with van der Waals surface area (Å²) >= 11 is 0. The molecule has 0 bridgehead atoms. The molecule has 2 rings (SSSR count). The number of carbonyl (C=O) groups is 3. The second kappa shape index (κ2) is 10.7. The van der Waals surface area contributed by atoms with Crippen LogP contribution in [0.1, 0.15) is 0 Å². The van der Waals surface area contributed by atoms with Gasteiger partial charge < -0.3 is 20.9 Å². The van der Waals surface area contributed by atoms with Crippen molar-refractivity contribution in [1.29, 1.82) is 0 Å². The van der Waals surface area contributed by atoms with E-state index in [4.69, 9.17) is 5.73 Å². The molecule has 0 saturated heterocycles. The van der Waals surface area contributed by atoms with Gasteiger partial charge in [0.2, 0.25) is 17.7 Å². The van der Waals surface area contributed by atoms with Gasteiger partial charge in [-0.05, 0) is 43.4 Å². The van der Waals surface area contributed by atoms with E-state index in [0.29, 0.717) is 11.4 Å². The molecule has 9 heteroatoms. The Labute approximate surface area is 169 Å². The Hall–Kier alpha value is -3.59. The van der Waals surface area contributed by atoms with Crippen LogP contribution in [0.3, 0.4) is 0 Å². The molecule has 0 aliphatic carbocycles. The maximum absolute atomic E-state index is 12.5. The van der Waals surface area contributed by atoms with Gasteiger partial charge in [-0.3, -0.25) is 14.4 Å². The van der Waals surface area contributed by atoms with Crippen LogP contribution in [0.25, 0.3) is 0 Å². The number of azo groups is 1. The van der Waals surface area contributed by atoms with Crippen LogP contribution < -0.4 is 16.0 Å². The number of anilines is 1. The Morgan fingerprint density at radius 1 is 0.897 bits per heavy atom. The van der Waals surface area contributed by atoms with Gasteiger partial charge in [0, 0.05) is 12.7 Å². The van der Waals surface area contributed by atoms with Crippen LogP contribution >= 0.6 is 0 Å². The quantitative estimate of drug-likeness (QED) is 0.625. The zero-order valence-corrected chi connectivity index (χ0v) is 16.4. The van der Waals surface area contributed by atoms with Crippen LogP contribution in [0.15, 0.2) is 64.8 Å². The summed E-state index contributed by atoms with van der Waals surface area (Å²) in [7, 11) is 3.10. The molecule has 0 aliphatic heterocycles. The fourth-order valence-electron chi connectivity index (χ4n) is 2.46. The first kappa shape index (κ1) is 21.7. The molecule has 3 amide bonds. The van der Waals surface area contributed by atoms with Gasteiger partial charge in [0.15, 0.2) is 0 Å². The van der Waals surface area contributed by atoms with Gasteiger partial charge in [-0.25, -0.2) is 0 Å². The molecule has 0 radical (unpaired) electrons. The molecule has 9 nitrogen and oxygen atoms in total. The molecule has 0 heterocycles. The number of hydrogen-bond acceptors (Lipinski definition) is 6.